The van der Waals surface area contributed by atoms with Crippen molar-refractivity contribution in [3.8, 4) is 5.75 Å². The van der Waals surface area contributed by atoms with Crippen molar-refractivity contribution in [3.05, 3.63) is 29.8 Å². The van der Waals surface area contributed by atoms with Gasteiger partial charge in [0.15, 0.2) is 0 Å². The number of carbonyl (C=O) groups is 1. The lowest BCUT2D eigenvalue weighted by molar-refractivity contribution is 0.107. The fraction of sp³-hybridized carbons (Fsp3) is 0.611. The minimum atomic E-state index is -0.469. The molecule has 0 aliphatic heterocycles. The Morgan fingerprint density at radius 2 is 1.64 bits per heavy atom. The summed E-state index contributed by atoms with van der Waals surface area (Å²) in [4.78, 5) is 13.8. The van der Waals surface area contributed by atoms with Crippen molar-refractivity contribution in [3.63, 3.8) is 0 Å². The second-order valence-electron chi connectivity index (χ2n) is 5.52. The Balaban J connectivity index is 2.37. The maximum atomic E-state index is 11.3. The molecule has 3 nitrogen and oxygen atoms in total. The average Bonchev–Trinajstić information content (AvgIpc) is 2.53. The van der Waals surface area contributed by atoms with Gasteiger partial charge in [-0.25, -0.2) is 0 Å². The molecule has 1 rings (SSSR count). The number of benzene rings is 1. The summed E-state index contributed by atoms with van der Waals surface area (Å²) in [6, 6.07) is 7.13. The van der Waals surface area contributed by atoms with Gasteiger partial charge in [0, 0.05) is 6.54 Å². The zero-order valence-corrected chi connectivity index (χ0v) is 14.6. The van der Waals surface area contributed by atoms with Crippen LogP contribution in [0.15, 0.2) is 24.3 Å². The number of hydrogen-bond acceptors (Lipinski definition) is 3. The number of carbonyl (C=O) groups excluding carboxylic acids is 1. The highest BCUT2D eigenvalue weighted by Gasteiger charge is 2.09. The molecule has 0 bridgehead atoms. The van der Waals surface area contributed by atoms with Crippen LogP contribution in [-0.2, 0) is 0 Å². The van der Waals surface area contributed by atoms with Gasteiger partial charge in [-0.05, 0) is 56.1 Å². The van der Waals surface area contributed by atoms with Gasteiger partial charge in [-0.15, -0.1) is 0 Å². The molecule has 0 amide bonds. The van der Waals surface area contributed by atoms with E-state index in [4.69, 9.17) is 16.3 Å². The molecular formula is C18H28ClNO2. The highest BCUT2D eigenvalue weighted by atomic mass is 35.5. The van der Waals surface area contributed by atoms with Crippen LogP contribution in [-0.4, -0.2) is 36.4 Å². The van der Waals surface area contributed by atoms with Gasteiger partial charge < -0.3 is 9.64 Å². The number of rotatable bonds is 12. The number of unbranched alkanes of at least 4 members (excludes halogenated alkanes) is 2. The Morgan fingerprint density at radius 1 is 1.05 bits per heavy atom. The van der Waals surface area contributed by atoms with E-state index in [1.54, 1.807) is 18.2 Å². The van der Waals surface area contributed by atoms with Crippen molar-refractivity contribution >= 4 is 16.8 Å². The fourth-order valence-electron chi connectivity index (χ4n) is 2.32. The summed E-state index contributed by atoms with van der Waals surface area (Å²) in [7, 11) is 0. The standard InChI is InChI=1S/C18H28ClNO2/c1-3-5-12-20(13-6-4-2)14-9-15-22-17-11-8-7-10-16(17)18(19)21/h7-8,10-11H,3-6,9,12-15H2,1-2H3. The molecule has 0 fully saturated rings. The van der Waals surface area contributed by atoms with Crippen LogP contribution in [0.1, 0.15) is 56.3 Å². The van der Waals surface area contributed by atoms with Crippen molar-refractivity contribution in [2.24, 2.45) is 0 Å². The zero-order valence-electron chi connectivity index (χ0n) is 13.8. The van der Waals surface area contributed by atoms with Crippen molar-refractivity contribution in [2.45, 2.75) is 46.0 Å². The molecule has 124 valence electrons. The van der Waals surface area contributed by atoms with Crippen LogP contribution >= 0.6 is 11.6 Å². The van der Waals surface area contributed by atoms with E-state index in [2.05, 4.69) is 18.7 Å². The molecule has 0 atom stereocenters. The molecule has 0 aliphatic carbocycles. The van der Waals surface area contributed by atoms with Gasteiger partial charge in [0.25, 0.3) is 5.24 Å². The first-order valence-corrected chi connectivity index (χ1v) is 8.70. The van der Waals surface area contributed by atoms with E-state index in [1.807, 2.05) is 6.07 Å². The average molecular weight is 326 g/mol. The van der Waals surface area contributed by atoms with Crippen molar-refractivity contribution in [1.29, 1.82) is 0 Å². The van der Waals surface area contributed by atoms with Gasteiger partial charge in [0.1, 0.15) is 5.75 Å². The van der Waals surface area contributed by atoms with Crippen LogP contribution < -0.4 is 4.74 Å². The molecule has 0 aliphatic rings. The minimum Gasteiger partial charge on any atom is -0.493 e. The molecule has 0 saturated heterocycles. The highest BCUT2D eigenvalue weighted by molar-refractivity contribution is 6.68. The van der Waals surface area contributed by atoms with Crippen LogP contribution in [0.4, 0.5) is 0 Å². The number of halogens is 1. The highest BCUT2D eigenvalue weighted by Crippen LogP contribution is 2.20. The van der Waals surface area contributed by atoms with E-state index in [0.29, 0.717) is 17.9 Å². The van der Waals surface area contributed by atoms with Crippen LogP contribution in [0.2, 0.25) is 0 Å². The van der Waals surface area contributed by atoms with E-state index in [-0.39, 0.29) is 0 Å². The first-order chi connectivity index (χ1) is 10.7. The lowest BCUT2D eigenvalue weighted by Crippen LogP contribution is -2.28. The molecule has 0 N–H and O–H groups in total. The summed E-state index contributed by atoms with van der Waals surface area (Å²) < 4.78 is 5.73. The van der Waals surface area contributed by atoms with Gasteiger partial charge in [0.05, 0.1) is 12.2 Å². The van der Waals surface area contributed by atoms with Gasteiger partial charge in [-0.3, -0.25) is 4.79 Å². The quantitative estimate of drug-likeness (QED) is 0.411. The molecule has 0 radical (unpaired) electrons. The molecule has 1 aromatic rings. The van der Waals surface area contributed by atoms with E-state index in [9.17, 15) is 4.79 Å². The summed E-state index contributed by atoms with van der Waals surface area (Å²) in [5.41, 5.74) is 0.443. The molecule has 0 saturated carbocycles. The van der Waals surface area contributed by atoms with Crippen LogP contribution in [0.5, 0.6) is 5.75 Å². The maximum Gasteiger partial charge on any atom is 0.256 e. The molecule has 0 heterocycles. The third-order valence-corrected chi connectivity index (χ3v) is 3.83. The van der Waals surface area contributed by atoms with E-state index in [0.717, 1.165) is 26.1 Å². The second-order valence-corrected chi connectivity index (χ2v) is 5.86. The van der Waals surface area contributed by atoms with Gasteiger partial charge >= 0.3 is 0 Å². The smallest absolute Gasteiger partial charge is 0.256 e. The molecule has 0 aromatic heterocycles. The minimum absolute atomic E-state index is 0.443. The number of hydrogen-bond donors (Lipinski definition) is 0. The Bertz CT molecular complexity index is 429. The van der Waals surface area contributed by atoms with E-state index < -0.39 is 5.24 Å². The molecule has 0 unspecified atom stereocenters. The molecule has 1 aromatic carbocycles. The van der Waals surface area contributed by atoms with Gasteiger partial charge in [-0.1, -0.05) is 38.8 Å². The summed E-state index contributed by atoms with van der Waals surface area (Å²) in [6.07, 6.45) is 5.90. The number of nitrogens with zero attached hydrogens (tertiary/aromatic N) is 1. The third-order valence-electron chi connectivity index (χ3n) is 3.63. The topological polar surface area (TPSA) is 29.5 Å². The predicted molar refractivity (Wildman–Crippen MR) is 93.0 cm³/mol. The monoisotopic (exact) mass is 325 g/mol. The van der Waals surface area contributed by atoms with Crippen molar-refractivity contribution in [2.75, 3.05) is 26.2 Å². The Kier molecular flexibility index (Phi) is 9.93. The largest absolute Gasteiger partial charge is 0.493 e. The van der Waals surface area contributed by atoms with E-state index >= 15 is 0 Å². The van der Waals surface area contributed by atoms with Gasteiger partial charge in [-0.2, -0.15) is 0 Å². The molecule has 0 spiro atoms. The molecule has 22 heavy (non-hydrogen) atoms. The summed E-state index contributed by atoms with van der Waals surface area (Å²) in [5, 5.41) is -0.469. The summed E-state index contributed by atoms with van der Waals surface area (Å²) >= 11 is 5.56. The van der Waals surface area contributed by atoms with Crippen molar-refractivity contribution < 1.29 is 9.53 Å². The lowest BCUT2D eigenvalue weighted by Gasteiger charge is -2.22. The Morgan fingerprint density at radius 3 is 2.23 bits per heavy atom. The SMILES string of the molecule is CCCCN(CCCC)CCCOc1ccccc1C(=O)Cl. The summed E-state index contributed by atoms with van der Waals surface area (Å²) in [6.45, 7) is 8.41. The molecular weight excluding hydrogens is 298 g/mol. The number of para-hydroxylation sites is 1. The van der Waals surface area contributed by atoms with Crippen LogP contribution in [0.3, 0.4) is 0 Å². The first kappa shape index (κ1) is 19.0. The normalized spacial score (nSPS) is 10.9. The fourth-order valence-corrected chi connectivity index (χ4v) is 2.48. The molecule has 4 heteroatoms. The third kappa shape index (κ3) is 7.28. The van der Waals surface area contributed by atoms with Crippen molar-refractivity contribution in [1.82, 2.24) is 4.90 Å². The predicted octanol–water partition coefficient (Wildman–Crippen LogP) is 4.74. The maximum absolute atomic E-state index is 11.3. The zero-order chi connectivity index (χ0) is 16.2. The van der Waals surface area contributed by atoms with Crippen LogP contribution in [0.25, 0.3) is 0 Å². The van der Waals surface area contributed by atoms with Crippen LogP contribution in [0, 0.1) is 0 Å². The Hall–Kier alpha value is -1.06. The second kappa shape index (κ2) is 11.5. The summed E-state index contributed by atoms with van der Waals surface area (Å²) in [5.74, 6) is 0.580. The number of ether oxygens (including phenoxy) is 1. The lowest BCUT2D eigenvalue weighted by atomic mass is 10.2. The van der Waals surface area contributed by atoms with E-state index in [1.165, 1.54) is 25.7 Å². The first-order valence-electron chi connectivity index (χ1n) is 8.33. The van der Waals surface area contributed by atoms with Gasteiger partial charge in [0.2, 0.25) is 0 Å². The Labute approximate surface area is 139 Å².